The molecule has 0 aliphatic heterocycles. The van der Waals surface area contributed by atoms with Gasteiger partial charge in [-0.3, -0.25) is 4.79 Å². The smallest absolute Gasteiger partial charge is 0.280 e. The van der Waals surface area contributed by atoms with Gasteiger partial charge in [-0.15, -0.1) is 0 Å². The second kappa shape index (κ2) is 3.99. The van der Waals surface area contributed by atoms with Crippen LogP contribution in [0.5, 0.6) is 0 Å². The van der Waals surface area contributed by atoms with Gasteiger partial charge in [0.15, 0.2) is 0 Å². The number of nitrogens with one attached hydrogen (secondary N) is 1. The minimum Gasteiger partial charge on any atom is -0.317 e. The summed E-state index contributed by atoms with van der Waals surface area (Å²) in [7, 11) is -3.68. The molecule has 0 saturated carbocycles. The molecule has 3 N–H and O–H groups in total. The van der Waals surface area contributed by atoms with Crippen molar-refractivity contribution in [1.29, 1.82) is 0 Å². The molecule has 0 radical (unpaired) electrons. The third-order valence-electron chi connectivity index (χ3n) is 1.43. The van der Waals surface area contributed by atoms with E-state index < -0.39 is 15.3 Å². The molecule has 1 aromatic carbocycles. The monoisotopic (exact) mass is 232 g/mol. The van der Waals surface area contributed by atoms with Gasteiger partial charge in [-0.05, 0) is 24.3 Å². The number of benzene rings is 1. The Bertz CT molecular complexity index is 439. The first-order chi connectivity index (χ1) is 6.39. The quantitative estimate of drug-likeness (QED) is 0.659. The van der Waals surface area contributed by atoms with Crippen LogP contribution >= 0.6 is 12.6 Å². The van der Waals surface area contributed by atoms with Crippen LogP contribution in [0.3, 0.4) is 0 Å². The maximum atomic E-state index is 10.8. The lowest BCUT2D eigenvalue weighted by atomic mass is 10.3. The van der Waals surface area contributed by atoms with Gasteiger partial charge in [0.1, 0.15) is 0 Å². The number of hydrogen-bond donors (Lipinski definition) is 3. The number of nitrogens with two attached hydrogens (primary N) is 1. The van der Waals surface area contributed by atoms with Crippen molar-refractivity contribution in [2.24, 2.45) is 5.14 Å². The first-order valence-electron chi connectivity index (χ1n) is 3.52. The fourth-order valence-corrected chi connectivity index (χ4v) is 1.50. The van der Waals surface area contributed by atoms with Crippen molar-refractivity contribution in [3.05, 3.63) is 24.3 Å². The lowest BCUT2D eigenvalue weighted by molar-refractivity contribution is 0.270. The van der Waals surface area contributed by atoms with E-state index in [0.29, 0.717) is 5.69 Å². The molecule has 0 aliphatic rings. The largest absolute Gasteiger partial charge is 0.317 e. The van der Waals surface area contributed by atoms with Gasteiger partial charge in [0, 0.05) is 5.69 Å². The second-order valence-corrected chi connectivity index (χ2v) is 4.47. The van der Waals surface area contributed by atoms with Crippen LogP contribution in [0.4, 0.5) is 10.5 Å². The van der Waals surface area contributed by atoms with Gasteiger partial charge in [0.25, 0.3) is 5.24 Å². The molecular formula is C7H8N2O3S2. The number of anilines is 1. The molecule has 0 fully saturated rings. The molecule has 1 aromatic rings. The van der Waals surface area contributed by atoms with Crippen LogP contribution in [0.15, 0.2) is 29.2 Å². The molecule has 0 bridgehead atoms. The summed E-state index contributed by atoms with van der Waals surface area (Å²) >= 11 is 3.50. The summed E-state index contributed by atoms with van der Waals surface area (Å²) in [6.07, 6.45) is 0. The van der Waals surface area contributed by atoms with E-state index in [9.17, 15) is 13.2 Å². The van der Waals surface area contributed by atoms with E-state index in [0.717, 1.165) is 0 Å². The third kappa shape index (κ3) is 3.02. The minimum absolute atomic E-state index is 0.00494. The van der Waals surface area contributed by atoms with Gasteiger partial charge in [-0.2, -0.15) is 0 Å². The highest BCUT2D eigenvalue weighted by Crippen LogP contribution is 2.12. The molecule has 0 aromatic heterocycles. The molecule has 5 nitrogen and oxygen atoms in total. The van der Waals surface area contributed by atoms with Gasteiger partial charge >= 0.3 is 0 Å². The Morgan fingerprint density at radius 1 is 1.29 bits per heavy atom. The zero-order chi connectivity index (χ0) is 10.8. The first-order valence-corrected chi connectivity index (χ1v) is 5.52. The van der Waals surface area contributed by atoms with Gasteiger partial charge < -0.3 is 5.32 Å². The van der Waals surface area contributed by atoms with Crippen LogP contribution in [-0.2, 0) is 10.0 Å². The summed E-state index contributed by atoms with van der Waals surface area (Å²) in [5.74, 6) is 0. The van der Waals surface area contributed by atoms with Crippen molar-refractivity contribution in [2.45, 2.75) is 4.90 Å². The number of thiol groups is 1. The molecule has 0 unspecified atom stereocenters. The Morgan fingerprint density at radius 2 is 1.79 bits per heavy atom. The second-order valence-electron chi connectivity index (χ2n) is 2.50. The molecule has 0 spiro atoms. The van der Waals surface area contributed by atoms with Gasteiger partial charge in [-0.25, -0.2) is 13.6 Å². The van der Waals surface area contributed by atoms with Gasteiger partial charge in [-0.1, -0.05) is 12.6 Å². The third-order valence-corrected chi connectivity index (χ3v) is 2.48. The van der Waals surface area contributed by atoms with Crippen molar-refractivity contribution in [2.75, 3.05) is 5.32 Å². The number of carbonyl (C=O) groups excluding carboxylic acids is 1. The van der Waals surface area contributed by atoms with Gasteiger partial charge in [0.2, 0.25) is 10.0 Å². The fourth-order valence-electron chi connectivity index (χ4n) is 0.851. The Labute approximate surface area is 86.8 Å². The fraction of sp³-hybridized carbons (Fsp3) is 0. The zero-order valence-electron chi connectivity index (χ0n) is 6.97. The van der Waals surface area contributed by atoms with Crippen LogP contribution in [0.1, 0.15) is 0 Å². The molecular weight excluding hydrogens is 224 g/mol. The van der Waals surface area contributed by atoms with Crippen LogP contribution in [0.25, 0.3) is 0 Å². The van der Waals surface area contributed by atoms with E-state index >= 15 is 0 Å². The van der Waals surface area contributed by atoms with Crippen LogP contribution in [0, 0.1) is 0 Å². The first kappa shape index (κ1) is 11.0. The van der Waals surface area contributed by atoms with E-state index in [1.54, 1.807) is 0 Å². The Morgan fingerprint density at radius 3 is 2.14 bits per heavy atom. The van der Waals surface area contributed by atoms with Crippen molar-refractivity contribution in [1.82, 2.24) is 0 Å². The number of carbonyl (C=O) groups is 1. The van der Waals surface area contributed by atoms with Crippen molar-refractivity contribution in [3.63, 3.8) is 0 Å². The average Bonchev–Trinajstić information content (AvgIpc) is 2.02. The van der Waals surface area contributed by atoms with Crippen LogP contribution in [0.2, 0.25) is 0 Å². The predicted molar refractivity (Wildman–Crippen MR) is 55.8 cm³/mol. The lowest BCUT2D eigenvalue weighted by Gasteiger charge is -2.01. The molecule has 14 heavy (non-hydrogen) atoms. The summed E-state index contributed by atoms with van der Waals surface area (Å²) in [5, 5.41) is 6.73. The molecule has 1 amide bonds. The highest BCUT2D eigenvalue weighted by Gasteiger charge is 2.06. The van der Waals surface area contributed by atoms with E-state index in [1.807, 2.05) is 0 Å². The molecule has 0 aliphatic carbocycles. The standard InChI is InChI=1S/C7H8N2O3S2/c8-14(11,12)6-3-1-5(2-4-6)9-7(10)13/h1-4H,(H2,8,11,12)(H2,9,10,13). The molecule has 76 valence electrons. The molecule has 0 saturated heterocycles. The van der Waals surface area contributed by atoms with E-state index in [4.69, 9.17) is 5.14 Å². The van der Waals surface area contributed by atoms with Crippen molar-refractivity contribution < 1.29 is 13.2 Å². The maximum absolute atomic E-state index is 10.8. The Kier molecular flexibility index (Phi) is 3.14. The highest BCUT2D eigenvalue weighted by atomic mass is 32.2. The van der Waals surface area contributed by atoms with E-state index in [-0.39, 0.29) is 4.90 Å². The molecule has 1 rings (SSSR count). The summed E-state index contributed by atoms with van der Waals surface area (Å²) < 4.78 is 21.7. The average molecular weight is 232 g/mol. The Hall–Kier alpha value is -1.05. The number of sulfonamides is 1. The molecule has 0 atom stereocenters. The minimum atomic E-state index is -3.68. The van der Waals surface area contributed by atoms with Crippen molar-refractivity contribution >= 4 is 33.6 Å². The molecule has 7 heteroatoms. The van der Waals surface area contributed by atoms with Crippen LogP contribution < -0.4 is 10.5 Å². The summed E-state index contributed by atoms with van der Waals surface area (Å²) in [5.41, 5.74) is 0.456. The summed E-state index contributed by atoms with van der Waals surface area (Å²) in [6, 6.07) is 5.45. The predicted octanol–water partition coefficient (Wildman–Crippen LogP) is 0.796. The SMILES string of the molecule is NS(=O)(=O)c1ccc(NC(=O)S)cc1. The topological polar surface area (TPSA) is 89.3 Å². The number of hydrogen-bond acceptors (Lipinski definition) is 3. The lowest BCUT2D eigenvalue weighted by Crippen LogP contribution is -2.12. The number of amides is 1. The Balaban J connectivity index is 2.95. The normalized spacial score (nSPS) is 11.0. The zero-order valence-corrected chi connectivity index (χ0v) is 8.68. The van der Waals surface area contributed by atoms with Gasteiger partial charge in [0.05, 0.1) is 4.90 Å². The van der Waals surface area contributed by atoms with E-state index in [1.165, 1.54) is 24.3 Å². The molecule has 0 heterocycles. The summed E-state index contributed by atoms with van der Waals surface area (Å²) in [6.45, 7) is 0. The number of rotatable bonds is 2. The number of primary sulfonamides is 1. The van der Waals surface area contributed by atoms with E-state index in [2.05, 4.69) is 17.9 Å². The van der Waals surface area contributed by atoms with Crippen LogP contribution in [-0.4, -0.2) is 13.7 Å². The van der Waals surface area contributed by atoms with Crippen molar-refractivity contribution in [3.8, 4) is 0 Å². The maximum Gasteiger partial charge on any atom is 0.280 e. The highest BCUT2D eigenvalue weighted by molar-refractivity contribution is 7.96. The summed E-state index contributed by atoms with van der Waals surface area (Å²) in [4.78, 5) is 10.5.